The smallest absolute Gasteiger partial charge is 0.160 e. The second-order valence-electron chi connectivity index (χ2n) is 8.05. The van der Waals surface area contributed by atoms with Crippen LogP contribution in [0.5, 0.6) is 11.5 Å². The van der Waals surface area contributed by atoms with Crippen LogP contribution in [0.3, 0.4) is 0 Å². The van der Waals surface area contributed by atoms with Gasteiger partial charge in [0.2, 0.25) is 0 Å². The van der Waals surface area contributed by atoms with Crippen molar-refractivity contribution >= 4 is 34.4 Å². The van der Waals surface area contributed by atoms with Crippen LogP contribution in [0.1, 0.15) is 30.8 Å². The molecule has 0 aliphatic rings. The van der Waals surface area contributed by atoms with Crippen molar-refractivity contribution < 1.29 is 4.74 Å². The molecule has 1 N–H and O–H groups in total. The van der Waals surface area contributed by atoms with Gasteiger partial charge >= 0.3 is 0 Å². The second-order valence-corrected chi connectivity index (χ2v) is 8.05. The minimum absolute atomic E-state index is 0.392. The minimum atomic E-state index is 0.392. The largest absolute Gasteiger partial charge is 0.457 e. The van der Waals surface area contributed by atoms with Crippen molar-refractivity contribution in [1.82, 2.24) is 19.9 Å². The lowest BCUT2D eigenvalue weighted by atomic mass is 10.1. The number of aromatic nitrogens is 4. The van der Waals surface area contributed by atoms with Gasteiger partial charge in [0.25, 0.3) is 0 Å². The first-order valence-corrected chi connectivity index (χ1v) is 10.5. The highest BCUT2D eigenvalue weighted by molar-refractivity contribution is 5.86. The number of aryl methyl sites for hydroxylation is 3. The summed E-state index contributed by atoms with van der Waals surface area (Å²) in [7, 11) is 0. The summed E-state index contributed by atoms with van der Waals surface area (Å²) in [5.41, 5.74) is 5.29. The lowest BCUT2D eigenvalue weighted by Crippen LogP contribution is -2.00. The zero-order valence-corrected chi connectivity index (χ0v) is 18.9. The fourth-order valence-corrected chi connectivity index (χ4v) is 3.16. The van der Waals surface area contributed by atoms with E-state index in [1.54, 1.807) is 6.20 Å². The topological polar surface area (TPSA) is 85.2 Å². The van der Waals surface area contributed by atoms with Crippen LogP contribution in [0.15, 0.2) is 53.9 Å². The van der Waals surface area contributed by atoms with E-state index in [4.69, 9.17) is 4.74 Å². The van der Waals surface area contributed by atoms with Gasteiger partial charge in [-0.2, -0.15) is 0 Å². The zero-order chi connectivity index (χ0) is 22.7. The van der Waals surface area contributed by atoms with Crippen molar-refractivity contribution in [2.45, 2.75) is 34.6 Å². The van der Waals surface area contributed by atoms with E-state index in [9.17, 15) is 0 Å². The van der Waals surface area contributed by atoms with Crippen LogP contribution in [0.25, 0.3) is 11.0 Å². The average molecular weight is 427 g/mol. The molecule has 32 heavy (non-hydrogen) atoms. The molecule has 0 radical (unpaired) electrons. The fourth-order valence-electron chi connectivity index (χ4n) is 3.16. The Kier molecular flexibility index (Phi) is 6.07. The maximum absolute atomic E-state index is 6.15. The minimum Gasteiger partial charge on any atom is -0.457 e. The Morgan fingerprint density at radius 2 is 1.81 bits per heavy atom. The molecule has 0 unspecified atom stereocenters. The van der Waals surface area contributed by atoms with E-state index in [2.05, 4.69) is 44.1 Å². The first-order chi connectivity index (χ1) is 15.4. The molecule has 0 saturated carbocycles. The van der Waals surface area contributed by atoms with Crippen LogP contribution in [0.2, 0.25) is 0 Å². The van der Waals surface area contributed by atoms with E-state index in [0.29, 0.717) is 28.6 Å². The molecule has 0 saturated heterocycles. The fraction of sp³-hybridized carbons (Fsp3) is 0.240. The number of hydrogen-bond donors (Lipinski definition) is 1. The predicted octanol–water partition coefficient (Wildman–Crippen LogP) is 6.24. The van der Waals surface area contributed by atoms with Crippen LogP contribution in [0.4, 0.5) is 17.2 Å². The van der Waals surface area contributed by atoms with Gasteiger partial charge in [-0.15, -0.1) is 0 Å². The van der Waals surface area contributed by atoms with Crippen molar-refractivity contribution in [3.8, 4) is 11.5 Å². The third-order valence-electron chi connectivity index (χ3n) is 4.86. The van der Waals surface area contributed by atoms with Crippen molar-refractivity contribution in [2.24, 2.45) is 10.9 Å². The molecule has 2 aromatic carbocycles. The lowest BCUT2D eigenvalue weighted by molar-refractivity contribution is 0.479. The molecular formula is C25H26N6O. The molecule has 162 valence electrons. The monoisotopic (exact) mass is 426 g/mol. The SMILES string of the molecule is Cc1ncc2ncnc(Nc3ccc(Oc4ccc(C)c(N=CC(C)C)c4)c(C)c3)c2n1. The molecule has 4 rings (SSSR count). The maximum atomic E-state index is 6.15. The number of ether oxygens (including phenoxy) is 1. The van der Waals surface area contributed by atoms with Gasteiger partial charge in [0.05, 0.1) is 11.9 Å². The molecule has 0 aliphatic carbocycles. The van der Waals surface area contributed by atoms with Gasteiger partial charge in [0.1, 0.15) is 34.7 Å². The van der Waals surface area contributed by atoms with Gasteiger partial charge in [0, 0.05) is 18.0 Å². The highest BCUT2D eigenvalue weighted by Gasteiger charge is 2.09. The van der Waals surface area contributed by atoms with Crippen molar-refractivity contribution in [1.29, 1.82) is 0 Å². The molecule has 2 aromatic heterocycles. The maximum Gasteiger partial charge on any atom is 0.160 e. The Balaban J connectivity index is 1.56. The number of rotatable bonds is 6. The first-order valence-electron chi connectivity index (χ1n) is 10.5. The Morgan fingerprint density at radius 1 is 0.969 bits per heavy atom. The van der Waals surface area contributed by atoms with Crippen LogP contribution in [0, 0.1) is 26.7 Å². The summed E-state index contributed by atoms with van der Waals surface area (Å²) < 4.78 is 6.15. The molecule has 0 aliphatic heterocycles. The third kappa shape index (κ3) is 4.88. The number of benzene rings is 2. The molecule has 0 bridgehead atoms. The Labute approximate surface area is 187 Å². The Morgan fingerprint density at radius 3 is 2.59 bits per heavy atom. The molecule has 7 nitrogen and oxygen atoms in total. The Bertz CT molecular complexity index is 1300. The van der Waals surface area contributed by atoms with Gasteiger partial charge in [0.15, 0.2) is 5.82 Å². The van der Waals surface area contributed by atoms with Gasteiger partial charge in [-0.1, -0.05) is 19.9 Å². The van der Waals surface area contributed by atoms with Gasteiger partial charge in [-0.25, -0.2) is 19.9 Å². The molecule has 0 atom stereocenters. The number of anilines is 2. The molecule has 2 heterocycles. The van der Waals surface area contributed by atoms with Crippen LogP contribution < -0.4 is 10.1 Å². The summed E-state index contributed by atoms with van der Waals surface area (Å²) in [5.74, 6) is 3.24. The lowest BCUT2D eigenvalue weighted by Gasteiger charge is -2.13. The molecule has 0 fully saturated rings. The first kappa shape index (κ1) is 21.4. The van der Waals surface area contributed by atoms with Gasteiger partial charge < -0.3 is 10.1 Å². The molecule has 0 spiro atoms. The summed E-state index contributed by atoms with van der Waals surface area (Å²) in [4.78, 5) is 21.8. The second kappa shape index (κ2) is 9.09. The van der Waals surface area contributed by atoms with Crippen LogP contribution in [-0.4, -0.2) is 26.2 Å². The van der Waals surface area contributed by atoms with Gasteiger partial charge in [-0.05, 0) is 62.1 Å². The summed E-state index contributed by atoms with van der Waals surface area (Å²) in [6.07, 6.45) is 5.15. The van der Waals surface area contributed by atoms with E-state index in [0.717, 1.165) is 34.0 Å². The molecule has 0 amide bonds. The normalized spacial score (nSPS) is 11.4. The van der Waals surface area contributed by atoms with E-state index < -0.39 is 0 Å². The molecular weight excluding hydrogens is 400 g/mol. The summed E-state index contributed by atoms with van der Waals surface area (Å²) in [5, 5.41) is 3.33. The third-order valence-corrected chi connectivity index (χ3v) is 4.86. The van der Waals surface area contributed by atoms with Gasteiger partial charge in [-0.3, -0.25) is 4.99 Å². The van der Waals surface area contributed by atoms with E-state index >= 15 is 0 Å². The zero-order valence-electron chi connectivity index (χ0n) is 18.9. The van der Waals surface area contributed by atoms with Crippen molar-refractivity contribution in [2.75, 3.05) is 5.32 Å². The van der Waals surface area contributed by atoms with E-state index in [-0.39, 0.29) is 0 Å². The highest BCUT2D eigenvalue weighted by Crippen LogP contribution is 2.32. The highest BCUT2D eigenvalue weighted by atomic mass is 16.5. The summed E-state index contributed by atoms with van der Waals surface area (Å²) in [6, 6.07) is 11.9. The van der Waals surface area contributed by atoms with Crippen molar-refractivity contribution in [3.63, 3.8) is 0 Å². The average Bonchev–Trinajstić information content (AvgIpc) is 2.76. The van der Waals surface area contributed by atoms with E-state index in [1.807, 2.05) is 63.4 Å². The molecule has 4 aromatic rings. The standard InChI is InChI=1S/C25H26N6O/c1-15(2)12-27-21-11-20(8-6-16(21)3)32-23-9-7-19(10-17(23)4)31-25-24-22(28-14-29-25)13-26-18(5)30-24/h6-15H,1-5H3,(H,28,29,31). The Hall–Kier alpha value is -3.87. The number of nitrogens with one attached hydrogen (secondary N) is 1. The van der Waals surface area contributed by atoms with Crippen LogP contribution >= 0.6 is 0 Å². The quantitative estimate of drug-likeness (QED) is 0.367. The number of fused-ring (bicyclic) bond motifs is 1. The number of hydrogen-bond acceptors (Lipinski definition) is 7. The summed E-state index contributed by atoms with van der Waals surface area (Å²) >= 11 is 0. The van der Waals surface area contributed by atoms with Crippen molar-refractivity contribution in [3.05, 3.63) is 65.9 Å². The number of aliphatic imine (C=N–C) groups is 1. The van der Waals surface area contributed by atoms with E-state index in [1.165, 1.54) is 6.33 Å². The summed E-state index contributed by atoms with van der Waals surface area (Å²) in [6.45, 7) is 10.1. The molecule has 7 heteroatoms. The van der Waals surface area contributed by atoms with Crippen LogP contribution in [-0.2, 0) is 0 Å². The number of nitrogens with zero attached hydrogens (tertiary/aromatic N) is 5. The predicted molar refractivity (Wildman–Crippen MR) is 129 cm³/mol.